The molecule has 2 atom stereocenters. The molecule has 2 unspecified atom stereocenters. The lowest BCUT2D eigenvalue weighted by Crippen LogP contribution is -2.37. The van der Waals surface area contributed by atoms with E-state index in [9.17, 15) is 19.7 Å². The van der Waals surface area contributed by atoms with Gasteiger partial charge in [-0.15, -0.1) is 12.3 Å². The molecule has 0 fully saturated rings. The molecule has 0 aliphatic rings. The Bertz CT molecular complexity index is 349. The van der Waals surface area contributed by atoms with Gasteiger partial charge in [0.25, 0.3) is 0 Å². The lowest BCUT2D eigenvalue weighted by Gasteiger charge is -2.17. The normalized spacial score (nSPS) is 15.5. The molecule has 8 heteroatoms. The van der Waals surface area contributed by atoms with Gasteiger partial charge < -0.3 is 10.00 Å². The summed E-state index contributed by atoms with van der Waals surface area (Å²) < 4.78 is 11.0. The summed E-state index contributed by atoms with van der Waals surface area (Å²) in [5, 5.41) is 21.7. The maximum atomic E-state index is 11.2. The fraction of sp³-hybridized carbons (Fsp3) is 0.700. The Balaban J connectivity index is 3.76. The predicted octanol–water partition coefficient (Wildman–Crippen LogP) is -0.227. The number of carbonyl (C=O) groups excluding carboxylic acids is 1. The molecule has 0 rings (SSSR count). The maximum absolute atomic E-state index is 11.2. The number of hydroxylamine groups is 2. The highest BCUT2D eigenvalue weighted by Crippen LogP contribution is 2.41. The molecule has 18 heavy (non-hydrogen) atoms. The number of carbonyl (C=O) groups is 1. The van der Waals surface area contributed by atoms with Crippen LogP contribution < -0.4 is 5.32 Å². The largest absolute Gasteiger partial charge is 0.383 e. The van der Waals surface area contributed by atoms with E-state index in [4.69, 9.17) is 11.3 Å². The Morgan fingerprint density at radius 3 is 2.72 bits per heavy atom. The van der Waals surface area contributed by atoms with E-state index >= 15 is 0 Å². The Morgan fingerprint density at radius 1 is 1.61 bits per heavy atom. The second-order valence-electron chi connectivity index (χ2n) is 3.87. The molecule has 0 saturated carbocycles. The van der Waals surface area contributed by atoms with Crippen molar-refractivity contribution < 1.29 is 24.6 Å². The maximum Gasteiger partial charge on any atom is 0.248 e. The zero-order valence-corrected chi connectivity index (χ0v) is 11.1. The number of hydrogen-bond donors (Lipinski definition) is 4. The third kappa shape index (κ3) is 7.43. The van der Waals surface area contributed by atoms with Gasteiger partial charge in [0.05, 0.1) is 6.67 Å². The third-order valence-electron chi connectivity index (χ3n) is 2.16. The van der Waals surface area contributed by atoms with E-state index in [0.717, 1.165) is 6.66 Å². The molecule has 1 amide bonds. The van der Waals surface area contributed by atoms with Crippen LogP contribution in [0.15, 0.2) is 0 Å². The van der Waals surface area contributed by atoms with E-state index in [-0.39, 0.29) is 32.5 Å². The quantitative estimate of drug-likeness (QED) is 0.122. The number of aliphatic hydroxyl groups is 1. The number of nitrogens with one attached hydrogen (secondary N) is 1. The van der Waals surface area contributed by atoms with Crippen molar-refractivity contribution in [3.63, 3.8) is 0 Å². The van der Waals surface area contributed by atoms with Crippen LogP contribution in [0.2, 0.25) is 0 Å². The second-order valence-corrected chi connectivity index (χ2v) is 6.35. The van der Waals surface area contributed by atoms with E-state index in [1.165, 1.54) is 0 Å². The van der Waals surface area contributed by atoms with Crippen LogP contribution in [0.1, 0.15) is 19.3 Å². The summed E-state index contributed by atoms with van der Waals surface area (Å²) in [5.74, 6) is 0.461. The summed E-state index contributed by atoms with van der Waals surface area (Å²) in [7, 11) is -3.50. The fourth-order valence-corrected chi connectivity index (χ4v) is 1.66. The average molecular weight is 278 g/mol. The molecule has 0 saturated heterocycles. The van der Waals surface area contributed by atoms with Crippen molar-refractivity contribution in [3.8, 4) is 12.3 Å². The summed E-state index contributed by atoms with van der Waals surface area (Å²) in [6, 6.07) is 0. The monoisotopic (exact) mass is 278 g/mol. The Morgan fingerprint density at radius 2 is 2.22 bits per heavy atom. The van der Waals surface area contributed by atoms with Crippen LogP contribution in [0.3, 0.4) is 0 Å². The van der Waals surface area contributed by atoms with Crippen LogP contribution in [-0.2, 0) is 9.36 Å². The highest BCUT2D eigenvalue weighted by molar-refractivity contribution is 7.57. The van der Waals surface area contributed by atoms with Gasteiger partial charge in [-0.25, -0.2) is 5.06 Å². The van der Waals surface area contributed by atoms with Crippen molar-refractivity contribution in [2.75, 3.05) is 19.9 Å². The minimum Gasteiger partial charge on any atom is -0.383 e. The summed E-state index contributed by atoms with van der Waals surface area (Å²) in [5.41, 5.74) is 0. The first-order valence-electron chi connectivity index (χ1n) is 5.40. The molecule has 0 aliphatic heterocycles. The lowest BCUT2D eigenvalue weighted by atomic mass is 10.3. The molecule has 0 aromatic carbocycles. The van der Waals surface area contributed by atoms with Gasteiger partial charge in [-0.3, -0.25) is 19.9 Å². The third-order valence-corrected chi connectivity index (χ3v) is 3.53. The van der Waals surface area contributed by atoms with E-state index < -0.39 is 19.1 Å². The van der Waals surface area contributed by atoms with Crippen LogP contribution in [0, 0.1) is 12.3 Å². The molecule has 0 spiro atoms. The first-order valence-corrected chi connectivity index (χ1v) is 7.58. The standard InChI is InChI=1S/C10H19N2O5P/c1-3-4-5-9(13)12(15)8-11-7-6-10(14)18(2,16)17/h1,10-11,14-15H,4-8H2,2H3,(H,16,17). The predicted molar refractivity (Wildman–Crippen MR) is 65.9 cm³/mol. The van der Waals surface area contributed by atoms with Crippen molar-refractivity contribution in [1.29, 1.82) is 0 Å². The van der Waals surface area contributed by atoms with Gasteiger partial charge in [0.2, 0.25) is 13.3 Å². The van der Waals surface area contributed by atoms with Gasteiger partial charge in [0.1, 0.15) is 5.85 Å². The van der Waals surface area contributed by atoms with Gasteiger partial charge >= 0.3 is 0 Å². The van der Waals surface area contributed by atoms with E-state index in [1.807, 2.05) is 0 Å². The molecular formula is C10H19N2O5P. The molecule has 104 valence electrons. The first-order chi connectivity index (χ1) is 8.29. The van der Waals surface area contributed by atoms with Gasteiger partial charge in [-0.05, 0) is 13.0 Å². The Kier molecular flexibility index (Phi) is 7.83. The van der Waals surface area contributed by atoms with Crippen molar-refractivity contribution in [3.05, 3.63) is 0 Å². The number of rotatable bonds is 8. The van der Waals surface area contributed by atoms with Gasteiger partial charge in [0.15, 0.2) is 0 Å². The molecule has 4 N–H and O–H groups in total. The highest BCUT2D eigenvalue weighted by Gasteiger charge is 2.22. The fourth-order valence-electron chi connectivity index (χ4n) is 1.05. The van der Waals surface area contributed by atoms with Crippen molar-refractivity contribution in [1.82, 2.24) is 10.4 Å². The lowest BCUT2D eigenvalue weighted by molar-refractivity contribution is -0.166. The van der Waals surface area contributed by atoms with E-state index in [1.54, 1.807) is 0 Å². The van der Waals surface area contributed by atoms with Crippen molar-refractivity contribution in [2.24, 2.45) is 0 Å². The SMILES string of the molecule is C#CCCC(=O)N(O)CNCCC(O)P(C)(=O)O. The molecule has 0 aliphatic carbocycles. The summed E-state index contributed by atoms with van der Waals surface area (Å²) in [6.07, 6.45) is 5.33. The minimum absolute atomic E-state index is 0.0522. The number of aliphatic hydroxyl groups excluding tert-OH is 1. The molecule has 0 bridgehead atoms. The summed E-state index contributed by atoms with van der Waals surface area (Å²) in [6.45, 7) is 1.13. The molecule has 0 radical (unpaired) electrons. The topological polar surface area (TPSA) is 110 Å². The smallest absolute Gasteiger partial charge is 0.248 e. The van der Waals surface area contributed by atoms with Gasteiger partial charge in [-0.1, -0.05) is 0 Å². The summed E-state index contributed by atoms with van der Waals surface area (Å²) in [4.78, 5) is 20.2. The zero-order chi connectivity index (χ0) is 14.2. The number of nitrogens with zero attached hydrogens (tertiary/aromatic N) is 1. The highest BCUT2D eigenvalue weighted by atomic mass is 31.2. The number of hydrogen-bond acceptors (Lipinski definition) is 5. The van der Waals surface area contributed by atoms with Crippen LogP contribution in [0.4, 0.5) is 0 Å². The molecule has 7 nitrogen and oxygen atoms in total. The van der Waals surface area contributed by atoms with Crippen molar-refractivity contribution in [2.45, 2.75) is 25.1 Å². The van der Waals surface area contributed by atoms with Gasteiger partial charge in [0, 0.05) is 19.5 Å². The zero-order valence-electron chi connectivity index (χ0n) is 10.2. The van der Waals surface area contributed by atoms with Crippen molar-refractivity contribution >= 4 is 13.3 Å². The average Bonchev–Trinajstić information content (AvgIpc) is 2.29. The van der Waals surface area contributed by atoms with Crippen LogP contribution in [0.25, 0.3) is 0 Å². The molecular weight excluding hydrogens is 259 g/mol. The van der Waals surface area contributed by atoms with Gasteiger partial charge in [-0.2, -0.15) is 0 Å². The number of terminal acetylenes is 1. The Labute approximate surface area is 106 Å². The van der Waals surface area contributed by atoms with Crippen LogP contribution in [0.5, 0.6) is 0 Å². The summed E-state index contributed by atoms with van der Waals surface area (Å²) >= 11 is 0. The minimum atomic E-state index is -3.50. The van der Waals surface area contributed by atoms with E-state index in [0.29, 0.717) is 5.06 Å². The molecule has 0 aromatic rings. The van der Waals surface area contributed by atoms with Crippen LogP contribution in [-0.4, -0.2) is 51.9 Å². The van der Waals surface area contributed by atoms with E-state index in [2.05, 4.69) is 11.2 Å². The Hall–Kier alpha value is -0.900. The first kappa shape index (κ1) is 17.1. The molecule has 0 aromatic heterocycles. The van der Waals surface area contributed by atoms with Crippen LogP contribution >= 0.6 is 7.37 Å². The second kappa shape index (κ2) is 8.25. The molecule has 0 heterocycles. The number of amides is 1.